The van der Waals surface area contributed by atoms with Gasteiger partial charge in [0.1, 0.15) is 0 Å². The van der Waals surface area contributed by atoms with Crippen LogP contribution in [0.4, 0.5) is 0 Å². The second-order valence-corrected chi connectivity index (χ2v) is 2.84. The minimum Gasteiger partial charge on any atom is -0.165 e. The van der Waals surface area contributed by atoms with Gasteiger partial charge in [-0.15, -0.1) is 9.24 Å². The Hall–Kier alpha value is 1.13. The molecule has 0 radical (unpaired) electrons. The Morgan fingerprint density at radius 2 is 1.80 bits per heavy atom. The maximum absolute atomic E-state index is 3.94. The lowest BCUT2D eigenvalue weighted by Crippen LogP contribution is -1.82. The molecule has 0 fully saturated rings. The molecule has 0 bridgehead atoms. The zero-order chi connectivity index (χ0) is 4.28. The Morgan fingerprint density at radius 1 is 1.60 bits per heavy atom. The Kier molecular flexibility index (Phi) is 4.08. The summed E-state index contributed by atoms with van der Waals surface area (Å²) in [5, 5.41) is 0. The molecule has 32 valence electrons. The van der Waals surface area contributed by atoms with Gasteiger partial charge in [0.15, 0.2) is 0 Å². The van der Waals surface area contributed by atoms with E-state index in [2.05, 4.69) is 34.5 Å². The van der Waals surface area contributed by atoms with Crippen LogP contribution in [0.5, 0.6) is 0 Å². The highest BCUT2D eigenvalue weighted by atomic mass is 32.2. The van der Waals surface area contributed by atoms with Crippen LogP contribution in [0.15, 0.2) is 0 Å². The average molecular weight is 126 g/mol. The van der Waals surface area contributed by atoms with E-state index in [1.165, 1.54) is 0 Å². The van der Waals surface area contributed by atoms with Gasteiger partial charge in [-0.25, -0.2) is 0 Å². The lowest BCUT2D eigenvalue weighted by Gasteiger charge is -1.88. The molecule has 0 spiro atoms. The van der Waals surface area contributed by atoms with Gasteiger partial charge < -0.3 is 0 Å². The van der Waals surface area contributed by atoms with E-state index < -0.39 is 0 Å². The van der Waals surface area contributed by atoms with Gasteiger partial charge in [-0.1, -0.05) is 0 Å². The number of rotatable bonds is 1. The van der Waals surface area contributed by atoms with Crippen LogP contribution >= 0.6 is 34.5 Å². The normalized spacial score (nSPS) is 9.60. The molecule has 0 aliphatic heterocycles. The fourth-order valence-corrected chi connectivity index (χ4v) is 0. The van der Waals surface area contributed by atoms with Crippen LogP contribution in [-0.2, 0) is 0 Å². The summed E-state index contributed by atoms with van der Waals surface area (Å²) in [5.74, 6) is 0. The number of hydrogen-bond donors (Lipinski definition) is 2. The van der Waals surface area contributed by atoms with Crippen molar-refractivity contribution in [2.24, 2.45) is 0 Å². The molecule has 1 unspecified atom stereocenters. The van der Waals surface area contributed by atoms with Crippen LogP contribution < -0.4 is 0 Å². The quantitative estimate of drug-likeness (QED) is 0.293. The summed E-state index contributed by atoms with van der Waals surface area (Å²) >= 11 is 7.88. The second-order valence-electron chi connectivity index (χ2n) is 0.716. The highest BCUT2D eigenvalue weighted by molar-refractivity contribution is 7.99. The summed E-state index contributed by atoms with van der Waals surface area (Å²) in [5.41, 5.74) is 0. The van der Waals surface area contributed by atoms with Crippen molar-refractivity contribution in [3.05, 3.63) is 0 Å². The van der Waals surface area contributed by atoms with Crippen LogP contribution in [0.1, 0.15) is 0 Å². The molecular weight excluding hydrogens is 119 g/mol. The largest absolute Gasteiger partial charge is 0.165 e. The van der Waals surface area contributed by atoms with Gasteiger partial charge in [0.05, 0.1) is 0 Å². The zero-order valence-corrected chi connectivity index (χ0v) is 5.70. The number of thiol groups is 2. The van der Waals surface area contributed by atoms with E-state index in [4.69, 9.17) is 0 Å². The van der Waals surface area contributed by atoms with Crippen molar-refractivity contribution >= 4 is 34.5 Å². The molecule has 0 amide bonds. The molecule has 0 aromatic rings. The minimum absolute atomic E-state index is 0.236. The van der Waals surface area contributed by atoms with E-state index >= 15 is 0 Å². The van der Waals surface area contributed by atoms with E-state index in [0.717, 1.165) is 6.16 Å². The first-order chi connectivity index (χ1) is 2.27. The van der Waals surface area contributed by atoms with Gasteiger partial charge in [0.25, 0.3) is 0 Å². The van der Waals surface area contributed by atoms with Crippen LogP contribution in [0, 0.1) is 0 Å². The van der Waals surface area contributed by atoms with Gasteiger partial charge >= 0.3 is 0 Å². The standard InChI is InChI=1S/C2H7PS2/c3-1-2(4)5/h2,4-5H,1,3H2. The first kappa shape index (κ1) is 6.13. The molecule has 0 N–H and O–H groups in total. The van der Waals surface area contributed by atoms with Crippen molar-refractivity contribution in [1.29, 1.82) is 0 Å². The third-order valence-electron chi connectivity index (χ3n) is 0.211. The first-order valence-electron chi connectivity index (χ1n) is 1.33. The maximum Gasteiger partial charge on any atom is 0.0476 e. The smallest absolute Gasteiger partial charge is 0.0476 e. The van der Waals surface area contributed by atoms with Crippen LogP contribution in [0.25, 0.3) is 0 Å². The van der Waals surface area contributed by atoms with E-state index in [0.29, 0.717) is 0 Å². The van der Waals surface area contributed by atoms with Crippen molar-refractivity contribution in [3.8, 4) is 0 Å². The lowest BCUT2D eigenvalue weighted by molar-refractivity contribution is 1.48. The van der Waals surface area contributed by atoms with Crippen molar-refractivity contribution in [1.82, 2.24) is 0 Å². The van der Waals surface area contributed by atoms with Gasteiger partial charge in [-0.05, 0) is 6.16 Å². The van der Waals surface area contributed by atoms with Crippen LogP contribution in [0.2, 0.25) is 0 Å². The monoisotopic (exact) mass is 126 g/mol. The molecular formula is C2H7PS2. The molecule has 0 aromatic carbocycles. The Labute approximate surface area is 45.7 Å². The highest BCUT2D eigenvalue weighted by Gasteiger charge is 1.82. The molecule has 1 atom stereocenters. The van der Waals surface area contributed by atoms with Gasteiger partial charge in [0, 0.05) is 4.58 Å². The van der Waals surface area contributed by atoms with E-state index in [1.807, 2.05) is 0 Å². The molecule has 0 aromatic heterocycles. The van der Waals surface area contributed by atoms with Crippen molar-refractivity contribution in [3.63, 3.8) is 0 Å². The summed E-state index contributed by atoms with van der Waals surface area (Å²) in [4.78, 5) is 0. The first-order valence-corrected chi connectivity index (χ1v) is 3.18. The summed E-state index contributed by atoms with van der Waals surface area (Å²) in [6.07, 6.45) is 0.951. The minimum atomic E-state index is 0.236. The number of hydrogen-bond acceptors (Lipinski definition) is 2. The summed E-state index contributed by atoms with van der Waals surface area (Å²) in [6.45, 7) is 0. The highest BCUT2D eigenvalue weighted by Crippen LogP contribution is 2.01. The average Bonchev–Trinajstić information content (AvgIpc) is 1.38. The lowest BCUT2D eigenvalue weighted by atomic mass is 10.9. The molecule has 0 nitrogen and oxygen atoms in total. The summed E-state index contributed by atoms with van der Waals surface area (Å²) in [7, 11) is 2.54. The molecule has 0 saturated heterocycles. The molecule has 0 saturated carbocycles. The van der Waals surface area contributed by atoms with Crippen molar-refractivity contribution in [2.75, 3.05) is 6.16 Å². The molecule has 0 aliphatic rings. The Balaban J connectivity index is 2.54. The van der Waals surface area contributed by atoms with E-state index in [-0.39, 0.29) is 4.58 Å². The predicted octanol–water partition coefficient (Wildman–Crippen LogP) is 1.05. The third-order valence-corrected chi connectivity index (χ3v) is 1.90. The van der Waals surface area contributed by atoms with E-state index in [9.17, 15) is 0 Å². The Morgan fingerprint density at radius 3 is 1.80 bits per heavy atom. The summed E-state index contributed by atoms with van der Waals surface area (Å²) < 4.78 is 0.236. The Bertz CT molecular complexity index is 21.6. The molecule has 5 heavy (non-hydrogen) atoms. The molecule has 0 rings (SSSR count). The molecule has 0 aliphatic carbocycles. The second kappa shape index (κ2) is 3.32. The van der Waals surface area contributed by atoms with Gasteiger partial charge in [-0.2, -0.15) is 25.3 Å². The fraction of sp³-hybridized carbons (Fsp3) is 1.00. The van der Waals surface area contributed by atoms with Crippen LogP contribution in [0.3, 0.4) is 0 Å². The summed E-state index contributed by atoms with van der Waals surface area (Å²) in [6, 6.07) is 0. The zero-order valence-electron chi connectivity index (χ0n) is 2.76. The van der Waals surface area contributed by atoms with Gasteiger partial charge in [0.2, 0.25) is 0 Å². The van der Waals surface area contributed by atoms with Crippen molar-refractivity contribution in [2.45, 2.75) is 4.58 Å². The third kappa shape index (κ3) is 5.13. The maximum atomic E-state index is 3.94. The SMILES string of the molecule is PCC(S)S. The topological polar surface area (TPSA) is 0 Å². The van der Waals surface area contributed by atoms with E-state index in [1.54, 1.807) is 0 Å². The van der Waals surface area contributed by atoms with Crippen LogP contribution in [-0.4, -0.2) is 10.7 Å². The molecule has 3 heteroatoms. The molecule has 0 heterocycles. The predicted molar refractivity (Wildman–Crippen MR) is 36.3 cm³/mol. The van der Waals surface area contributed by atoms with Crippen molar-refractivity contribution < 1.29 is 0 Å². The fourth-order valence-electron chi connectivity index (χ4n) is 0. The van der Waals surface area contributed by atoms with Gasteiger partial charge in [-0.3, -0.25) is 0 Å².